The fraction of sp³-hybridized carbons (Fsp3) is 0.562. The van der Waals surface area contributed by atoms with Crippen molar-refractivity contribution in [3.63, 3.8) is 0 Å². The number of halogens is 1. The van der Waals surface area contributed by atoms with E-state index in [1.54, 1.807) is 28.9 Å². The lowest BCUT2D eigenvalue weighted by Crippen LogP contribution is -2.51. The molecule has 2 unspecified atom stereocenters. The summed E-state index contributed by atoms with van der Waals surface area (Å²) in [5.74, 6) is 2.79. The largest absolute Gasteiger partial charge is 0.494 e. The predicted molar refractivity (Wildman–Crippen MR) is 153 cm³/mol. The van der Waals surface area contributed by atoms with E-state index < -0.39 is 0 Å². The highest BCUT2D eigenvalue weighted by atomic mass is 19.1. The van der Waals surface area contributed by atoms with E-state index in [9.17, 15) is 14.0 Å². The standard InChI is InChI=1S/C22H32N2O3.C10H13FO/c1-3-4-18-5-6-20(15-18)19-7-9-21(10-8-19)27-16-22(26)24-13-11-23(12-14-24)17(2)25;1-7(2)8-4-5-9(11)10(6-8)12-3/h7-10,18,20H,3-6,11-16H2,1-2H3;4-7H,1-3H3. The molecule has 39 heavy (non-hydrogen) atoms. The number of piperazine rings is 1. The van der Waals surface area contributed by atoms with Gasteiger partial charge in [-0.25, -0.2) is 4.39 Å². The minimum atomic E-state index is -0.304. The third-order valence-electron chi connectivity index (χ3n) is 7.87. The van der Waals surface area contributed by atoms with Gasteiger partial charge in [-0.2, -0.15) is 0 Å². The van der Waals surface area contributed by atoms with Gasteiger partial charge in [-0.3, -0.25) is 9.59 Å². The Hall–Kier alpha value is -3.09. The van der Waals surface area contributed by atoms with Gasteiger partial charge in [-0.15, -0.1) is 0 Å². The summed E-state index contributed by atoms with van der Waals surface area (Å²) in [7, 11) is 1.47. The van der Waals surface area contributed by atoms with Gasteiger partial charge < -0.3 is 19.3 Å². The van der Waals surface area contributed by atoms with Gasteiger partial charge in [0, 0.05) is 33.1 Å². The SMILES string of the molecule is CCCC1CCC(c2ccc(OCC(=O)N3CCN(C(C)=O)CC3)cc2)C1.COc1cc(C(C)C)ccc1F. The van der Waals surface area contributed by atoms with Gasteiger partial charge in [0.05, 0.1) is 7.11 Å². The highest BCUT2D eigenvalue weighted by Crippen LogP contribution is 2.40. The fourth-order valence-electron chi connectivity index (χ4n) is 5.43. The molecule has 1 aliphatic heterocycles. The topological polar surface area (TPSA) is 59.1 Å². The maximum atomic E-state index is 12.9. The van der Waals surface area contributed by atoms with Crippen LogP contribution in [0.5, 0.6) is 11.5 Å². The summed E-state index contributed by atoms with van der Waals surface area (Å²) in [6.07, 6.45) is 6.57. The molecule has 2 amide bonds. The number of rotatable bonds is 8. The van der Waals surface area contributed by atoms with Crippen LogP contribution in [0.4, 0.5) is 4.39 Å². The third-order valence-corrected chi connectivity index (χ3v) is 7.87. The lowest BCUT2D eigenvalue weighted by molar-refractivity contribution is -0.139. The Morgan fingerprint density at radius 2 is 1.67 bits per heavy atom. The molecule has 2 aromatic rings. The molecule has 2 atom stereocenters. The highest BCUT2D eigenvalue weighted by molar-refractivity contribution is 5.78. The molecule has 0 N–H and O–H groups in total. The van der Waals surface area contributed by atoms with Crippen molar-refractivity contribution in [2.75, 3.05) is 39.9 Å². The molecule has 1 aliphatic carbocycles. The number of methoxy groups -OCH3 is 1. The average molecular weight is 541 g/mol. The molecule has 0 radical (unpaired) electrons. The smallest absolute Gasteiger partial charge is 0.260 e. The molecule has 7 heteroatoms. The number of hydrogen-bond donors (Lipinski definition) is 0. The molecule has 1 saturated carbocycles. The molecule has 6 nitrogen and oxygen atoms in total. The molecule has 0 spiro atoms. The van der Waals surface area contributed by atoms with Gasteiger partial charge in [-0.1, -0.05) is 51.8 Å². The summed E-state index contributed by atoms with van der Waals surface area (Å²) in [5.41, 5.74) is 2.49. The minimum Gasteiger partial charge on any atom is -0.494 e. The van der Waals surface area contributed by atoms with Crippen molar-refractivity contribution < 1.29 is 23.5 Å². The number of ether oxygens (including phenoxy) is 2. The van der Waals surface area contributed by atoms with Crippen LogP contribution in [-0.2, 0) is 9.59 Å². The van der Waals surface area contributed by atoms with Crippen LogP contribution in [0.1, 0.15) is 82.8 Å². The number of amides is 2. The van der Waals surface area contributed by atoms with Gasteiger partial charge in [0.15, 0.2) is 18.2 Å². The quantitative estimate of drug-likeness (QED) is 0.389. The molecule has 2 aromatic carbocycles. The van der Waals surface area contributed by atoms with E-state index >= 15 is 0 Å². The molecular weight excluding hydrogens is 495 g/mol. The Morgan fingerprint density at radius 3 is 2.26 bits per heavy atom. The Kier molecular flexibility index (Phi) is 11.6. The van der Waals surface area contributed by atoms with Gasteiger partial charge in [-0.05, 0) is 72.4 Å². The maximum absolute atomic E-state index is 12.9. The second-order valence-corrected chi connectivity index (χ2v) is 11.0. The van der Waals surface area contributed by atoms with Crippen molar-refractivity contribution in [2.24, 2.45) is 5.92 Å². The lowest BCUT2D eigenvalue weighted by Gasteiger charge is -2.34. The van der Waals surface area contributed by atoms with Crippen LogP contribution in [0.15, 0.2) is 42.5 Å². The number of hydrogen-bond acceptors (Lipinski definition) is 4. The lowest BCUT2D eigenvalue weighted by atomic mass is 9.95. The molecule has 4 rings (SSSR count). The van der Waals surface area contributed by atoms with Gasteiger partial charge >= 0.3 is 0 Å². The Labute approximate surface area is 233 Å². The minimum absolute atomic E-state index is 0.0134. The van der Waals surface area contributed by atoms with Gasteiger partial charge in [0.1, 0.15) is 5.75 Å². The summed E-state index contributed by atoms with van der Waals surface area (Å²) >= 11 is 0. The summed E-state index contributed by atoms with van der Waals surface area (Å²) in [4.78, 5) is 27.2. The molecule has 2 aliphatic rings. The third kappa shape index (κ3) is 8.97. The first-order valence-corrected chi connectivity index (χ1v) is 14.3. The van der Waals surface area contributed by atoms with Crippen LogP contribution in [0.3, 0.4) is 0 Å². The zero-order chi connectivity index (χ0) is 28.4. The van der Waals surface area contributed by atoms with Crippen LogP contribution < -0.4 is 9.47 Å². The number of carbonyl (C=O) groups excluding carboxylic acids is 2. The molecule has 1 saturated heterocycles. The van der Waals surface area contributed by atoms with Crippen molar-refractivity contribution >= 4 is 11.8 Å². The van der Waals surface area contributed by atoms with Crippen LogP contribution in [0, 0.1) is 11.7 Å². The van der Waals surface area contributed by atoms with E-state index in [-0.39, 0.29) is 24.2 Å². The summed E-state index contributed by atoms with van der Waals surface area (Å²) in [6.45, 7) is 10.4. The normalized spacial score (nSPS) is 18.9. The molecule has 214 valence electrons. The average Bonchev–Trinajstić information content (AvgIpc) is 3.41. The van der Waals surface area contributed by atoms with Crippen LogP contribution in [0.2, 0.25) is 0 Å². The fourth-order valence-corrected chi connectivity index (χ4v) is 5.43. The monoisotopic (exact) mass is 540 g/mol. The van der Waals surface area contributed by atoms with E-state index in [0.29, 0.717) is 43.8 Å². The second-order valence-electron chi connectivity index (χ2n) is 11.0. The first-order chi connectivity index (χ1) is 18.7. The summed E-state index contributed by atoms with van der Waals surface area (Å²) < 4.78 is 23.5. The van der Waals surface area contributed by atoms with E-state index in [1.807, 2.05) is 12.1 Å². The highest BCUT2D eigenvalue weighted by Gasteiger charge is 2.25. The molecule has 0 aromatic heterocycles. The van der Waals surface area contributed by atoms with E-state index in [0.717, 1.165) is 17.2 Å². The number of carbonyl (C=O) groups is 2. The Balaban J connectivity index is 0.000000293. The van der Waals surface area contributed by atoms with E-state index in [1.165, 1.54) is 50.8 Å². The maximum Gasteiger partial charge on any atom is 0.260 e. The zero-order valence-corrected chi connectivity index (χ0v) is 24.2. The van der Waals surface area contributed by atoms with Crippen molar-refractivity contribution in [3.05, 3.63) is 59.4 Å². The molecule has 0 bridgehead atoms. The molecule has 2 fully saturated rings. The van der Waals surface area contributed by atoms with Crippen molar-refractivity contribution in [2.45, 2.75) is 71.6 Å². The van der Waals surface area contributed by atoms with Crippen LogP contribution in [-0.4, -0.2) is 61.5 Å². The first-order valence-electron chi connectivity index (χ1n) is 14.3. The van der Waals surface area contributed by atoms with Gasteiger partial charge in [0.2, 0.25) is 5.91 Å². The van der Waals surface area contributed by atoms with E-state index in [4.69, 9.17) is 9.47 Å². The molecular formula is C32H45FN2O4. The predicted octanol–water partition coefficient (Wildman–Crippen LogP) is 6.40. The number of nitrogens with zero attached hydrogens (tertiary/aromatic N) is 2. The van der Waals surface area contributed by atoms with E-state index in [2.05, 4.69) is 32.9 Å². The van der Waals surface area contributed by atoms with Crippen molar-refractivity contribution in [3.8, 4) is 11.5 Å². The van der Waals surface area contributed by atoms with Crippen LogP contribution >= 0.6 is 0 Å². The zero-order valence-electron chi connectivity index (χ0n) is 24.2. The van der Waals surface area contributed by atoms with Crippen molar-refractivity contribution in [1.29, 1.82) is 0 Å². The van der Waals surface area contributed by atoms with Gasteiger partial charge in [0.25, 0.3) is 5.91 Å². The molecule has 1 heterocycles. The van der Waals surface area contributed by atoms with Crippen LogP contribution in [0.25, 0.3) is 0 Å². The first kappa shape index (κ1) is 30.5. The summed E-state index contributed by atoms with van der Waals surface area (Å²) in [6, 6.07) is 13.2. The summed E-state index contributed by atoms with van der Waals surface area (Å²) in [5, 5.41) is 0. The Bertz CT molecular complexity index is 1060. The van der Waals surface area contributed by atoms with Crippen molar-refractivity contribution in [1.82, 2.24) is 9.80 Å². The number of benzene rings is 2. The second kappa shape index (κ2) is 14.9. The Morgan fingerprint density at radius 1 is 1.00 bits per heavy atom.